The number of aromatic amines is 1. The van der Waals surface area contributed by atoms with E-state index in [2.05, 4.69) is 15.5 Å². The van der Waals surface area contributed by atoms with Crippen molar-refractivity contribution in [1.29, 1.82) is 0 Å². The number of carbonyl (C=O) groups excluding carboxylic acids is 1. The monoisotopic (exact) mass is 380 g/mol. The number of methoxy groups -OCH3 is 1. The number of ether oxygens (including phenoxy) is 1. The number of benzene rings is 1. The molecular weight excluding hydrogens is 360 g/mol. The predicted octanol–water partition coefficient (Wildman–Crippen LogP) is 1.06. The number of anilines is 1. The van der Waals surface area contributed by atoms with E-state index in [0.717, 1.165) is 0 Å². The number of carbonyl (C=O) groups is 1. The van der Waals surface area contributed by atoms with Gasteiger partial charge in [-0.2, -0.15) is 9.40 Å². The summed E-state index contributed by atoms with van der Waals surface area (Å²) in [6, 6.07) is 6.64. The van der Waals surface area contributed by atoms with Crippen LogP contribution in [-0.4, -0.2) is 49.0 Å². The van der Waals surface area contributed by atoms with E-state index < -0.39 is 21.5 Å². The molecule has 0 saturated heterocycles. The molecule has 0 aliphatic heterocycles. The lowest BCUT2D eigenvalue weighted by Gasteiger charge is -2.19. The molecule has 0 fully saturated rings. The zero-order valence-corrected chi connectivity index (χ0v) is 15.5. The second kappa shape index (κ2) is 8.11. The molecule has 10 heteroatoms. The van der Waals surface area contributed by atoms with Crippen LogP contribution >= 0.6 is 0 Å². The SMILES string of the molecule is CCN(CC)S(=O)(=O)c1ccc(OC)c(NC(=O)c2ccc(=O)[nH]n2)c1. The van der Waals surface area contributed by atoms with Gasteiger partial charge in [0.2, 0.25) is 10.0 Å². The highest BCUT2D eigenvalue weighted by molar-refractivity contribution is 7.89. The van der Waals surface area contributed by atoms with Gasteiger partial charge in [0, 0.05) is 19.2 Å². The van der Waals surface area contributed by atoms with E-state index in [4.69, 9.17) is 4.74 Å². The molecule has 0 saturated carbocycles. The number of nitrogens with zero attached hydrogens (tertiary/aromatic N) is 2. The van der Waals surface area contributed by atoms with Crippen LogP contribution in [0.3, 0.4) is 0 Å². The molecule has 2 rings (SSSR count). The Balaban J connectivity index is 2.40. The van der Waals surface area contributed by atoms with Gasteiger partial charge in [-0.25, -0.2) is 13.5 Å². The highest BCUT2D eigenvalue weighted by atomic mass is 32.2. The third-order valence-electron chi connectivity index (χ3n) is 3.67. The summed E-state index contributed by atoms with van der Waals surface area (Å²) in [4.78, 5) is 23.4. The van der Waals surface area contributed by atoms with Crippen molar-refractivity contribution >= 4 is 21.6 Å². The first-order chi connectivity index (χ1) is 12.3. The lowest BCUT2D eigenvalue weighted by Crippen LogP contribution is -2.30. The van der Waals surface area contributed by atoms with Crippen LogP contribution in [0.2, 0.25) is 0 Å². The number of H-pyrrole nitrogens is 1. The van der Waals surface area contributed by atoms with Gasteiger partial charge in [0.05, 0.1) is 17.7 Å². The summed E-state index contributed by atoms with van der Waals surface area (Å²) in [5.41, 5.74) is -0.283. The molecule has 0 aliphatic carbocycles. The fourth-order valence-electron chi connectivity index (χ4n) is 2.32. The third-order valence-corrected chi connectivity index (χ3v) is 5.72. The lowest BCUT2D eigenvalue weighted by molar-refractivity contribution is 0.102. The maximum atomic E-state index is 12.7. The number of nitrogens with one attached hydrogen (secondary N) is 2. The molecule has 26 heavy (non-hydrogen) atoms. The second-order valence-corrected chi connectivity index (χ2v) is 7.15. The summed E-state index contributed by atoms with van der Waals surface area (Å²) in [5.74, 6) is -0.321. The molecule has 1 heterocycles. The van der Waals surface area contributed by atoms with Crippen molar-refractivity contribution in [3.63, 3.8) is 0 Å². The van der Waals surface area contributed by atoms with Crippen molar-refractivity contribution in [3.8, 4) is 5.75 Å². The van der Waals surface area contributed by atoms with Crippen LogP contribution in [0.25, 0.3) is 0 Å². The Bertz CT molecular complexity index is 931. The molecule has 1 amide bonds. The average Bonchev–Trinajstić information content (AvgIpc) is 2.63. The third kappa shape index (κ3) is 4.09. The fraction of sp³-hybridized carbons (Fsp3) is 0.312. The first-order valence-corrected chi connectivity index (χ1v) is 9.32. The summed E-state index contributed by atoms with van der Waals surface area (Å²) < 4.78 is 31.8. The molecule has 9 nitrogen and oxygen atoms in total. The predicted molar refractivity (Wildman–Crippen MR) is 95.9 cm³/mol. The van der Waals surface area contributed by atoms with Crippen LogP contribution in [-0.2, 0) is 10.0 Å². The Kier molecular flexibility index (Phi) is 6.11. The molecule has 0 radical (unpaired) electrons. The highest BCUT2D eigenvalue weighted by Crippen LogP contribution is 2.29. The van der Waals surface area contributed by atoms with Gasteiger partial charge in [-0.15, -0.1) is 0 Å². The number of hydrogen-bond acceptors (Lipinski definition) is 6. The number of amides is 1. The largest absolute Gasteiger partial charge is 0.495 e. The van der Waals surface area contributed by atoms with Crippen LogP contribution in [0, 0.1) is 0 Å². The van der Waals surface area contributed by atoms with E-state index in [9.17, 15) is 18.0 Å². The minimum Gasteiger partial charge on any atom is -0.495 e. The van der Waals surface area contributed by atoms with Gasteiger partial charge in [-0.3, -0.25) is 9.59 Å². The lowest BCUT2D eigenvalue weighted by atomic mass is 10.2. The number of sulfonamides is 1. The number of rotatable bonds is 7. The van der Waals surface area contributed by atoms with Crippen molar-refractivity contribution in [2.24, 2.45) is 0 Å². The minimum atomic E-state index is -3.69. The Morgan fingerprint density at radius 1 is 1.23 bits per heavy atom. The van der Waals surface area contributed by atoms with Crippen LogP contribution in [0.4, 0.5) is 5.69 Å². The van der Waals surface area contributed by atoms with Gasteiger partial charge in [-0.1, -0.05) is 13.8 Å². The Morgan fingerprint density at radius 2 is 1.92 bits per heavy atom. The quantitative estimate of drug-likeness (QED) is 0.741. The highest BCUT2D eigenvalue weighted by Gasteiger charge is 2.23. The first-order valence-electron chi connectivity index (χ1n) is 7.88. The topological polar surface area (TPSA) is 121 Å². The molecule has 140 valence electrons. The molecule has 0 atom stereocenters. The summed E-state index contributed by atoms with van der Waals surface area (Å²) in [5, 5.41) is 8.35. The summed E-state index contributed by atoms with van der Waals surface area (Å²) >= 11 is 0. The molecule has 1 aromatic heterocycles. The molecule has 0 unspecified atom stereocenters. The molecule has 1 aromatic carbocycles. The van der Waals surface area contributed by atoms with Crippen molar-refractivity contribution in [2.75, 3.05) is 25.5 Å². The van der Waals surface area contributed by atoms with E-state index in [0.29, 0.717) is 18.8 Å². The number of aromatic nitrogens is 2. The van der Waals surface area contributed by atoms with Gasteiger partial charge < -0.3 is 10.1 Å². The van der Waals surface area contributed by atoms with Crippen molar-refractivity contribution in [3.05, 3.63) is 46.4 Å². The van der Waals surface area contributed by atoms with Gasteiger partial charge in [0.25, 0.3) is 11.5 Å². The van der Waals surface area contributed by atoms with E-state index in [1.807, 2.05) is 0 Å². The minimum absolute atomic E-state index is 0.0244. The van der Waals surface area contributed by atoms with Crippen molar-refractivity contribution < 1.29 is 17.9 Å². The number of hydrogen-bond donors (Lipinski definition) is 2. The van der Waals surface area contributed by atoms with E-state index >= 15 is 0 Å². The zero-order chi connectivity index (χ0) is 19.3. The summed E-state index contributed by atoms with van der Waals surface area (Å²) in [6.45, 7) is 4.14. The van der Waals surface area contributed by atoms with Crippen molar-refractivity contribution in [1.82, 2.24) is 14.5 Å². The molecule has 2 N–H and O–H groups in total. The molecule has 2 aromatic rings. The standard InChI is InChI=1S/C16H20N4O5S/c1-4-20(5-2)26(23,24)11-6-8-14(25-3)13(10-11)17-16(22)12-7-9-15(21)19-18-12/h6-10H,4-5H2,1-3H3,(H,17,22)(H,19,21). The average molecular weight is 380 g/mol. The zero-order valence-electron chi connectivity index (χ0n) is 14.6. The van der Waals surface area contributed by atoms with Gasteiger partial charge in [0.15, 0.2) is 0 Å². The van der Waals surface area contributed by atoms with Gasteiger partial charge in [0.1, 0.15) is 11.4 Å². The van der Waals surface area contributed by atoms with Crippen LogP contribution in [0.15, 0.2) is 40.0 Å². The van der Waals surface area contributed by atoms with E-state index in [1.165, 1.54) is 41.7 Å². The molecule has 0 aliphatic rings. The van der Waals surface area contributed by atoms with Crippen LogP contribution < -0.4 is 15.6 Å². The second-order valence-electron chi connectivity index (χ2n) is 5.21. The fourth-order valence-corrected chi connectivity index (χ4v) is 3.80. The molecular formula is C16H20N4O5S. The smallest absolute Gasteiger partial charge is 0.276 e. The Morgan fingerprint density at radius 3 is 2.46 bits per heavy atom. The van der Waals surface area contributed by atoms with Crippen LogP contribution in [0.5, 0.6) is 5.75 Å². The molecule has 0 spiro atoms. The first kappa shape index (κ1) is 19.6. The summed E-state index contributed by atoms with van der Waals surface area (Å²) in [7, 11) is -2.29. The van der Waals surface area contributed by atoms with Crippen molar-refractivity contribution in [2.45, 2.75) is 18.7 Å². The van der Waals surface area contributed by atoms with E-state index in [-0.39, 0.29) is 16.3 Å². The normalized spacial score (nSPS) is 11.4. The summed E-state index contributed by atoms with van der Waals surface area (Å²) in [6.07, 6.45) is 0. The Hall–Kier alpha value is -2.72. The molecule has 0 bridgehead atoms. The maximum absolute atomic E-state index is 12.7. The van der Waals surface area contributed by atoms with Gasteiger partial charge >= 0.3 is 0 Å². The maximum Gasteiger partial charge on any atom is 0.276 e. The van der Waals surface area contributed by atoms with Crippen LogP contribution in [0.1, 0.15) is 24.3 Å². The Labute approximate surface area is 151 Å². The van der Waals surface area contributed by atoms with Gasteiger partial charge in [-0.05, 0) is 24.3 Å². The van der Waals surface area contributed by atoms with E-state index in [1.54, 1.807) is 13.8 Å².